The summed E-state index contributed by atoms with van der Waals surface area (Å²) >= 11 is 0. The van der Waals surface area contributed by atoms with Crippen LogP contribution in [-0.2, 0) is 0 Å². The number of aliphatic hydroxyl groups excluding tert-OH is 1. The highest BCUT2D eigenvalue weighted by Crippen LogP contribution is 2.29. The third-order valence-electron chi connectivity index (χ3n) is 4.35. The van der Waals surface area contributed by atoms with Crippen LogP contribution in [0.15, 0.2) is 24.3 Å². The van der Waals surface area contributed by atoms with Gasteiger partial charge in [-0.25, -0.2) is 0 Å². The summed E-state index contributed by atoms with van der Waals surface area (Å²) in [7, 11) is 0. The lowest BCUT2D eigenvalue weighted by Crippen LogP contribution is -2.35. The topological polar surface area (TPSA) is 49.7 Å². The van der Waals surface area contributed by atoms with E-state index < -0.39 is 11.7 Å². The van der Waals surface area contributed by atoms with Gasteiger partial charge in [-0.15, -0.1) is 0 Å². The second kappa shape index (κ2) is 7.81. The number of aliphatic hydroxyl groups is 2. The van der Waals surface area contributed by atoms with Gasteiger partial charge in [0.2, 0.25) is 0 Å². The molecule has 0 heterocycles. The average molecular weight is 292 g/mol. The Bertz CT molecular complexity index is 422. The van der Waals surface area contributed by atoms with E-state index in [4.69, 9.17) is 4.74 Å². The standard InChI is InChI=1S/C18H28O3/c1-2-8-17(19)15-9-7-10-16(13-15)21-14-18(20)11-5-3-4-6-12-18/h7,9-10,13,17,19-20H,2-6,8,11-12,14H2,1H3/t17-/m1/s1. The van der Waals surface area contributed by atoms with E-state index in [1.807, 2.05) is 24.3 Å². The molecule has 2 rings (SSSR count). The Morgan fingerprint density at radius 3 is 2.57 bits per heavy atom. The lowest BCUT2D eigenvalue weighted by molar-refractivity contribution is -0.0174. The normalized spacial score (nSPS) is 19.8. The van der Waals surface area contributed by atoms with Gasteiger partial charge in [0.25, 0.3) is 0 Å². The predicted octanol–water partition coefficient (Wildman–Crippen LogP) is 3.98. The molecule has 2 N–H and O–H groups in total. The Morgan fingerprint density at radius 1 is 1.19 bits per heavy atom. The zero-order valence-corrected chi connectivity index (χ0v) is 13.1. The van der Waals surface area contributed by atoms with E-state index in [1.54, 1.807) is 0 Å². The second-order valence-electron chi connectivity index (χ2n) is 6.30. The van der Waals surface area contributed by atoms with E-state index in [0.29, 0.717) is 6.61 Å². The van der Waals surface area contributed by atoms with Crippen LogP contribution in [0, 0.1) is 0 Å². The fraction of sp³-hybridized carbons (Fsp3) is 0.667. The highest BCUT2D eigenvalue weighted by molar-refractivity contribution is 5.30. The van der Waals surface area contributed by atoms with Crippen LogP contribution in [0.3, 0.4) is 0 Å². The van der Waals surface area contributed by atoms with Crippen molar-refractivity contribution in [2.45, 2.75) is 70.0 Å². The molecule has 1 fully saturated rings. The minimum Gasteiger partial charge on any atom is -0.491 e. The van der Waals surface area contributed by atoms with Gasteiger partial charge in [0, 0.05) is 0 Å². The van der Waals surface area contributed by atoms with Crippen LogP contribution in [0.2, 0.25) is 0 Å². The van der Waals surface area contributed by atoms with E-state index in [0.717, 1.165) is 49.8 Å². The molecule has 0 aromatic heterocycles. The summed E-state index contributed by atoms with van der Waals surface area (Å²) in [6.45, 7) is 2.41. The second-order valence-corrected chi connectivity index (χ2v) is 6.30. The number of ether oxygens (including phenoxy) is 1. The highest BCUT2D eigenvalue weighted by atomic mass is 16.5. The van der Waals surface area contributed by atoms with Gasteiger partial charge in [-0.05, 0) is 37.0 Å². The van der Waals surface area contributed by atoms with E-state index in [1.165, 1.54) is 12.8 Å². The summed E-state index contributed by atoms with van der Waals surface area (Å²) in [6.07, 6.45) is 7.50. The monoisotopic (exact) mass is 292 g/mol. The fourth-order valence-corrected chi connectivity index (χ4v) is 3.00. The maximum atomic E-state index is 10.6. The molecule has 0 unspecified atom stereocenters. The van der Waals surface area contributed by atoms with Crippen molar-refractivity contribution in [3.05, 3.63) is 29.8 Å². The summed E-state index contributed by atoms with van der Waals surface area (Å²) in [6, 6.07) is 7.61. The van der Waals surface area contributed by atoms with E-state index in [2.05, 4.69) is 6.92 Å². The Kier molecular flexibility index (Phi) is 6.07. The van der Waals surface area contributed by atoms with Crippen LogP contribution >= 0.6 is 0 Å². The van der Waals surface area contributed by atoms with Crippen molar-refractivity contribution in [1.29, 1.82) is 0 Å². The van der Waals surface area contributed by atoms with Crippen molar-refractivity contribution in [3.63, 3.8) is 0 Å². The number of hydrogen-bond donors (Lipinski definition) is 2. The zero-order chi connectivity index (χ0) is 15.1. The molecular formula is C18H28O3. The highest BCUT2D eigenvalue weighted by Gasteiger charge is 2.28. The average Bonchev–Trinajstić information content (AvgIpc) is 2.71. The minimum absolute atomic E-state index is 0.348. The van der Waals surface area contributed by atoms with Crippen molar-refractivity contribution >= 4 is 0 Å². The first kappa shape index (κ1) is 16.3. The predicted molar refractivity (Wildman–Crippen MR) is 84.5 cm³/mol. The third kappa shape index (κ3) is 5.01. The van der Waals surface area contributed by atoms with E-state index >= 15 is 0 Å². The summed E-state index contributed by atoms with van der Waals surface area (Å²) in [5.74, 6) is 0.736. The molecule has 0 saturated heterocycles. The van der Waals surface area contributed by atoms with Crippen LogP contribution in [0.4, 0.5) is 0 Å². The van der Waals surface area contributed by atoms with Crippen molar-refractivity contribution in [2.75, 3.05) is 6.61 Å². The molecule has 1 aliphatic carbocycles. The smallest absolute Gasteiger partial charge is 0.119 e. The van der Waals surface area contributed by atoms with Gasteiger partial charge in [-0.3, -0.25) is 0 Å². The molecular weight excluding hydrogens is 264 g/mol. The van der Waals surface area contributed by atoms with E-state index in [9.17, 15) is 10.2 Å². The first-order valence-electron chi connectivity index (χ1n) is 8.26. The molecule has 21 heavy (non-hydrogen) atoms. The number of hydrogen-bond acceptors (Lipinski definition) is 3. The van der Waals surface area contributed by atoms with Crippen LogP contribution < -0.4 is 4.74 Å². The van der Waals surface area contributed by atoms with Crippen LogP contribution in [0.5, 0.6) is 5.75 Å². The SMILES string of the molecule is CCC[C@@H](O)c1cccc(OCC2(O)CCCCCC2)c1. The molecule has 3 nitrogen and oxygen atoms in total. The molecule has 1 atom stereocenters. The lowest BCUT2D eigenvalue weighted by Gasteiger charge is -2.26. The lowest BCUT2D eigenvalue weighted by atomic mass is 9.96. The number of benzene rings is 1. The van der Waals surface area contributed by atoms with Crippen LogP contribution in [0.25, 0.3) is 0 Å². The van der Waals surface area contributed by atoms with Gasteiger partial charge in [0.15, 0.2) is 0 Å². The van der Waals surface area contributed by atoms with Gasteiger partial charge in [-0.1, -0.05) is 51.2 Å². The molecule has 118 valence electrons. The third-order valence-corrected chi connectivity index (χ3v) is 4.35. The van der Waals surface area contributed by atoms with Crippen molar-refractivity contribution < 1.29 is 14.9 Å². The maximum Gasteiger partial charge on any atom is 0.119 e. The molecule has 0 spiro atoms. The minimum atomic E-state index is -0.686. The van der Waals surface area contributed by atoms with Gasteiger partial charge < -0.3 is 14.9 Å². The molecule has 1 aromatic rings. The zero-order valence-electron chi connectivity index (χ0n) is 13.1. The summed E-state index contributed by atoms with van der Waals surface area (Å²) < 4.78 is 5.81. The van der Waals surface area contributed by atoms with Crippen LogP contribution in [0.1, 0.15) is 70.0 Å². The summed E-state index contributed by atoms with van der Waals surface area (Å²) in [5.41, 5.74) is 0.205. The van der Waals surface area contributed by atoms with Gasteiger partial charge in [0.1, 0.15) is 12.4 Å². The maximum absolute atomic E-state index is 10.6. The van der Waals surface area contributed by atoms with E-state index in [-0.39, 0.29) is 0 Å². The molecule has 0 amide bonds. The van der Waals surface area contributed by atoms with Gasteiger partial charge >= 0.3 is 0 Å². The quantitative estimate of drug-likeness (QED) is 0.780. The Hall–Kier alpha value is -1.06. The molecule has 1 aromatic carbocycles. The van der Waals surface area contributed by atoms with Crippen molar-refractivity contribution in [1.82, 2.24) is 0 Å². The van der Waals surface area contributed by atoms with Gasteiger partial charge in [0.05, 0.1) is 11.7 Å². The van der Waals surface area contributed by atoms with Gasteiger partial charge in [-0.2, -0.15) is 0 Å². The molecule has 0 aliphatic heterocycles. The largest absolute Gasteiger partial charge is 0.491 e. The molecule has 1 saturated carbocycles. The number of rotatable bonds is 6. The molecule has 0 radical (unpaired) electrons. The summed E-state index contributed by atoms with van der Waals surface area (Å²) in [4.78, 5) is 0. The molecule has 3 heteroatoms. The molecule has 0 bridgehead atoms. The van der Waals surface area contributed by atoms with Crippen molar-refractivity contribution in [3.8, 4) is 5.75 Å². The van der Waals surface area contributed by atoms with Crippen LogP contribution in [-0.4, -0.2) is 22.4 Å². The fourth-order valence-electron chi connectivity index (χ4n) is 3.00. The molecule has 1 aliphatic rings. The first-order chi connectivity index (χ1) is 10.1. The Morgan fingerprint density at radius 2 is 1.90 bits per heavy atom. The first-order valence-corrected chi connectivity index (χ1v) is 8.26. The van der Waals surface area contributed by atoms with Crippen molar-refractivity contribution in [2.24, 2.45) is 0 Å². The summed E-state index contributed by atoms with van der Waals surface area (Å²) in [5, 5.41) is 20.6. The Labute approximate surface area is 128 Å². The Balaban J connectivity index is 1.94.